The maximum Gasteiger partial charge on any atom is 0.269 e. The topological polar surface area (TPSA) is 80.5 Å². The van der Waals surface area contributed by atoms with Crippen LogP contribution in [0.25, 0.3) is 0 Å². The van der Waals surface area contributed by atoms with Crippen LogP contribution in [0.15, 0.2) is 24.3 Å². The number of hydrogen-bond donors (Lipinski definition) is 0. The lowest BCUT2D eigenvalue weighted by Gasteiger charge is -2.18. The molecule has 2 atom stereocenters. The number of carbonyl (C=O) groups excluding carboxylic acids is 2. The summed E-state index contributed by atoms with van der Waals surface area (Å²) < 4.78 is 0. The third-order valence-electron chi connectivity index (χ3n) is 4.19. The highest BCUT2D eigenvalue weighted by molar-refractivity contribution is 6.15. The summed E-state index contributed by atoms with van der Waals surface area (Å²) >= 11 is 0. The maximum atomic E-state index is 12.5. The Kier molecular flexibility index (Phi) is 2.64. The first-order valence-corrected chi connectivity index (χ1v) is 6.63. The fourth-order valence-corrected chi connectivity index (χ4v) is 3.08. The molecule has 0 N–H and O–H groups in total. The minimum atomic E-state index is -0.749. The number of carbonyl (C=O) groups is 2. The van der Waals surface area contributed by atoms with Crippen molar-refractivity contribution >= 4 is 17.5 Å². The van der Waals surface area contributed by atoms with E-state index in [1.54, 1.807) is 12.1 Å². The van der Waals surface area contributed by atoms with Crippen molar-refractivity contribution in [2.24, 2.45) is 5.92 Å². The van der Waals surface area contributed by atoms with Gasteiger partial charge in [0, 0.05) is 18.7 Å². The summed E-state index contributed by atoms with van der Waals surface area (Å²) in [6.45, 7) is 2.37. The van der Waals surface area contributed by atoms with Gasteiger partial charge >= 0.3 is 0 Å². The summed E-state index contributed by atoms with van der Waals surface area (Å²) in [5.41, 5.74) is -0.0453. The van der Waals surface area contributed by atoms with Crippen LogP contribution in [0, 0.1) is 16.0 Å². The zero-order chi connectivity index (χ0) is 14.5. The van der Waals surface area contributed by atoms with Crippen molar-refractivity contribution in [3.63, 3.8) is 0 Å². The van der Waals surface area contributed by atoms with Crippen LogP contribution in [-0.4, -0.2) is 28.2 Å². The number of non-ortho nitro benzene ring substituents is 1. The Morgan fingerprint density at radius 1 is 1.35 bits per heavy atom. The Morgan fingerprint density at radius 3 is 2.55 bits per heavy atom. The van der Waals surface area contributed by atoms with Crippen molar-refractivity contribution in [2.75, 3.05) is 6.54 Å². The first kappa shape index (κ1) is 12.8. The van der Waals surface area contributed by atoms with Crippen LogP contribution in [-0.2, 0) is 15.0 Å². The lowest BCUT2D eigenvalue weighted by atomic mass is 9.94. The molecule has 1 saturated carbocycles. The van der Waals surface area contributed by atoms with Crippen LogP contribution in [0.4, 0.5) is 5.69 Å². The van der Waals surface area contributed by atoms with E-state index in [2.05, 4.69) is 0 Å². The number of hydrogen-bond acceptors (Lipinski definition) is 4. The predicted octanol–water partition coefficient (Wildman–Crippen LogP) is 1.63. The third kappa shape index (κ3) is 1.51. The van der Waals surface area contributed by atoms with Gasteiger partial charge in [0.1, 0.15) is 0 Å². The molecule has 1 heterocycles. The number of imide groups is 1. The monoisotopic (exact) mass is 274 g/mol. The van der Waals surface area contributed by atoms with Gasteiger partial charge in [0.05, 0.1) is 16.3 Å². The van der Waals surface area contributed by atoms with Gasteiger partial charge in [0.2, 0.25) is 11.8 Å². The standard InChI is InChI=1S/C14H14N2O4/c1-2-7-15-12(17)11-8-14(11,13(15)18)9-3-5-10(6-4-9)16(19)20/h3-6,11H,2,7-8H2,1H3. The smallest absolute Gasteiger partial charge is 0.269 e. The van der Waals surface area contributed by atoms with Crippen molar-refractivity contribution in [2.45, 2.75) is 25.2 Å². The summed E-state index contributed by atoms with van der Waals surface area (Å²) in [6, 6.07) is 5.97. The third-order valence-corrected chi connectivity index (χ3v) is 4.19. The number of piperidine rings is 1. The Bertz CT molecular complexity index is 610. The highest BCUT2D eigenvalue weighted by atomic mass is 16.6. The summed E-state index contributed by atoms with van der Waals surface area (Å²) in [6.07, 6.45) is 1.27. The fraction of sp³-hybridized carbons (Fsp3) is 0.429. The first-order valence-electron chi connectivity index (χ1n) is 6.63. The van der Waals surface area contributed by atoms with Crippen LogP contribution < -0.4 is 0 Å². The summed E-state index contributed by atoms with van der Waals surface area (Å²) in [5, 5.41) is 10.7. The van der Waals surface area contributed by atoms with Crippen LogP contribution in [0.2, 0.25) is 0 Å². The molecular weight excluding hydrogens is 260 g/mol. The molecule has 3 rings (SSSR count). The molecule has 0 spiro atoms. The van der Waals surface area contributed by atoms with Gasteiger partial charge < -0.3 is 0 Å². The largest absolute Gasteiger partial charge is 0.282 e. The first-order chi connectivity index (χ1) is 9.52. The molecular formula is C14H14N2O4. The normalized spacial score (nSPS) is 27.6. The number of nitrogens with zero attached hydrogens (tertiary/aromatic N) is 2. The minimum Gasteiger partial charge on any atom is -0.282 e. The van der Waals surface area contributed by atoms with E-state index in [4.69, 9.17) is 0 Å². The highest BCUT2D eigenvalue weighted by Crippen LogP contribution is 2.60. The molecule has 20 heavy (non-hydrogen) atoms. The second-order valence-electron chi connectivity index (χ2n) is 5.33. The number of nitro benzene ring substituents is 1. The average Bonchev–Trinajstić information content (AvgIpc) is 3.16. The molecule has 1 saturated heterocycles. The van der Waals surface area contributed by atoms with Crippen LogP contribution in [0.1, 0.15) is 25.3 Å². The van der Waals surface area contributed by atoms with E-state index in [0.29, 0.717) is 18.5 Å². The molecule has 1 aromatic rings. The zero-order valence-electron chi connectivity index (χ0n) is 11.0. The van der Waals surface area contributed by atoms with E-state index in [1.165, 1.54) is 17.0 Å². The van der Waals surface area contributed by atoms with Crippen LogP contribution >= 0.6 is 0 Å². The fourth-order valence-electron chi connectivity index (χ4n) is 3.08. The van der Waals surface area contributed by atoms with E-state index < -0.39 is 10.3 Å². The second kappa shape index (κ2) is 4.13. The quantitative estimate of drug-likeness (QED) is 0.475. The zero-order valence-corrected chi connectivity index (χ0v) is 11.0. The number of benzene rings is 1. The van der Waals surface area contributed by atoms with Gasteiger partial charge in [0.25, 0.3) is 5.69 Å². The molecule has 0 radical (unpaired) electrons. The Labute approximate surface area is 115 Å². The number of amides is 2. The number of fused-ring (bicyclic) bond motifs is 1. The average molecular weight is 274 g/mol. The number of nitro groups is 1. The Morgan fingerprint density at radius 2 is 2.00 bits per heavy atom. The molecule has 2 amide bonds. The molecule has 0 aromatic heterocycles. The molecule has 0 bridgehead atoms. The van der Waals surface area contributed by atoms with E-state index in [0.717, 1.165) is 6.42 Å². The molecule has 104 valence electrons. The van der Waals surface area contributed by atoms with Gasteiger partial charge in [0.15, 0.2) is 0 Å². The van der Waals surface area contributed by atoms with Crippen molar-refractivity contribution in [3.8, 4) is 0 Å². The lowest BCUT2D eigenvalue weighted by Crippen LogP contribution is -2.36. The maximum absolute atomic E-state index is 12.5. The molecule has 2 unspecified atom stereocenters. The van der Waals surface area contributed by atoms with Gasteiger partial charge in [-0.3, -0.25) is 24.6 Å². The number of likely N-dealkylation sites (tertiary alicyclic amines) is 1. The van der Waals surface area contributed by atoms with Gasteiger partial charge in [-0.2, -0.15) is 0 Å². The van der Waals surface area contributed by atoms with Crippen LogP contribution in [0.5, 0.6) is 0 Å². The molecule has 2 aliphatic rings. The van der Waals surface area contributed by atoms with Crippen molar-refractivity contribution in [1.29, 1.82) is 0 Å². The summed E-state index contributed by atoms with van der Waals surface area (Å²) in [7, 11) is 0. The van der Waals surface area contributed by atoms with Crippen LogP contribution in [0.3, 0.4) is 0 Å². The lowest BCUT2D eigenvalue weighted by molar-refractivity contribution is -0.384. The minimum absolute atomic E-state index is 0.00969. The Hall–Kier alpha value is -2.24. The van der Waals surface area contributed by atoms with Gasteiger partial charge in [-0.25, -0.2) is 0 Å². The molecule has 6 nitrogen and oxygen atoms in total. The van der Waals surface area contributed by atoms with E-state index in [1.807, 2.05) is 6.92 Å². The summed E-state index contributed by atoms with van der Waals surface area (Å²) in [5.74, 6) is -0.526. The molecule has 1 aromatic carbocycles. The summed E-state index contributed by atoms with van der Waals surface area (Å²) in [4.78, 5) is 36.1. The molecule has 2 fully saturated rings. The second-order valence-corrected chi connectivity index (χ2v) is 5.33. The number of rotatable bonds is 4. The predicted molar refractivity (Wildman–Crippen MR) is 69.9 cm³/mol. The van der Waals surface area contributed by atoms with Crippen molar-refractivity contribution in [3.05, 3.63) is 39.9 Å². The molecule has 6 heteroatoms. The van der Waals surface area contributed by atoms with Gasteiger partial charge in [-0.15, -0.1) is 0 Å². The van der Waals surface area contributed by atoms with Gasteiger partial charge in [-0.1, -0.05) is 19.1 Å². The van der Waals surface area contributed by atoms with E-state index >= 15 is 0 Å². The van der Waals surface area contributed by atoms with Crippen molar-refractivity contribution < 1.29 is 14.5 Å². The van der Waals surface area contributed by atoms with E-state index in [-0.39, 0.29) is 23.4 Å². The van der Waals surface area contributed by atoms with E-state index in [9.17, 15) is 19.7 Å². The highest BCUT2D eigenvalue weighted by Gasteiger charge is 2.72. The molecule has 1 aliphatic carbocycles. The van der Waals surface area contributed by atoms with Gasteiger partial charge in [-0.05, 0) is 18.4 Å². The van der Waals surface area contributed by atoms with Crippen molar-refractivity contribution in [1.82, 2.24) is 4.90 Å². The molecule has 1 aliphatic heterocycles. The Balaban J connectivity index is 1.93. The SMILES string of the molecule is CCCN1C(=O)C2CC2(c2ccc([N+](=O)[O-])cc2)C1=O.